The average Bonchev–Trinajstić information content (AvgIpc) is 2.35. The molecule has 0 bridgehead atoms. The summed E-state index contributed by atoms with van der Waals surface area (Å²) in [7, 11) is 3.43. The molecule has 0 aromatic heterocycles. The van der Waals surface area contributed by atoms with Gasteiger partial charge in [0, 0.05) is 20.1 Å². The lowest BCUT2D eigenvalue weighted by Crippen LogP contribution is -2.42. The first-order valence-corrected chi connectivity index (χ1v) is 7.48. The van der Waals surface area contributed by atoms with Gasteiger partial charge in [0.25, 0.3) is 0 Å². The van der Waals surface area contributed by atoms with E-state index in [-0.39, 0.29) is 30.8 Å². The molecule has 0 radical (unpaired) electrons. The van der Waals surface area contributed by atoms with Crippen LogP contribution in [0.5, 0.6) is 0 Å². The van der Waals surface area contributed by atoms with Crippen molar-refractivity contribution < 1.29 is 19.1 Å². The fraction of sp³-hybridized carbons (Fsp3) is 0.867. The number of nitrogens with one attached hydrogen (secondary N) is 1. The highest BCUT2D eigenvalue weighted by Crippen LogP contribution is 2.21. The van der Waals surface area contributed by atoms with Crippen LogP contribution in [-0.4, -0.2) is 55.3 Å². The van der Waals surface area contributed by atoms with Crippen LogP contribution in [0.25, 0.3) is 0 Å². The van der Waals surface area contributed by atoms with E-state index in [1.54, 1.807) is 14.1 Å². The molecule has 1 aliphatic rings. The van der Waals surface area contributed by atoms with Crippen molar-refractivity contribution in [1.82, 2.24) is 10.2 Å². The summed E-state index contributed by atoms with van der Waals surface area (Å²) in [6, 6.07) is 0.129. The molecule has 0 atom stereocenters. The number of hydrogen-bond donors (Lipinski definition) is 1. The largest absolute Gasteiger partial charge is 0.444 e. The van der Waals surface area contributed by atoms with E-state index in [1.165, 1.54) is 4.90 Å². The van der Waals surface area contributed by atoms with Crippen LogP contribution in [0.2, 0.25) is 0 Å². The zero-order valence-corrected chi connectivity index (χ0v) is 13.8. The molecule has 0 aromatic rings. The highest BCUT2D eigenvalue weighted by atomic mass is 16.6. The monoisotopic (exact) mass is 300 g/mol. The van der Waals surface area contributed by atoms with Crippen LogP contribution in [0, 0.1) is 0 Å². The van der Waals surface area contributed by atoms with Crippen LogP contribution < -0.4 is 5.32 Å². The topological polar surface area (TPSA) is 67.9 Å². The number of likely N-dealkylation sites (N-methyl/N-ethyl adjacent to an activating group) is 1. The Labute approximate surface area is 127 Å². The molecule has 1 fully saturated rings. The predicted molar refractivity (Wildman–Crippen MR) is 80.1 cm³/mol. The van der Waals surface area contributed by atoms with Gasteiger partial charge < -0.3 is 19.7 Å². The van der Waals surface area contributed by atoms with Crippen LogP contribution in [0.4, 0.5) is 4.79 Å². The number of alkyl carbamates (subject to hydrolysis) is 1. The van der Waals surface area contributed by atoms with Crippen LogP contribution in [0.1, 0.15) is 46.5 Å². The summed E-state index contributed by atoms with van der Waals surface area (Å²) in [6.45, 7) is 5.67. The molecule has 0 aromatic carbocycles. The fourth-order valence-corrected chi connectivity index (χ4v) is 2.17. The number of hydrogen-bond acceptors (Lipinski definition) is 4. The Hall–Kier alpha value is -1.30. The molecule has 0 spiro atoms. The maximum absolute atomic E-state index is 11.7. The van der Waals surface area contributed by atoms with Crippen molar-refractivity contribution in [3.8, 4) is 0 Å². The molecule has 122 valence electrons. The number of rotatable bonds is 4. The standard InChI is InChI=1S/C15H28N2O4/c1-15(2,3)21-14(19)16-11-6-8-12(9-7-11)20-10-13(18)17(4)5/h11-12H,6-10H2,1-5H3,(H,16,19)/t11-,12+. The molecule has 21 heavy (non-hydrogen) atoms. The number of ether oxygens (including phenoxy) is 2. The molecular formula is C15H28N2O4. The summed E-state index contributed by atoms with van der Waals surface area (Å²) < 4.78 is 10.8. The van der Waals surface area contributed by atoms with Crippen molar-refractivity contribution >= 4 is 12.0 Å². The van der Waals surface area contributed by atoms with Crippen molar-refractivity contribution in [3.63, 3.8) is 0 Å². The first kappa shape index (κ1) is 17.8. The third-order valence-electron chi connectivity index (χ3n) is 3.34. The molecule has 2 amide bonds. The lowest BCUT2D eigenvalue weighted by Gasteiger charge is -2.30. The average molecular weight is 300 g/mol. The normalized spacial score (nSPS) is 22.5. The van der Waals surface area contributed by atoms with Crippen molar-refractivity contribution in [2.24, 2.45) is 0 Å². The van der Waals surface area contributed by atoms with E-state index in [1.807, 2.05) is 20.8 Å². The van der Waals surface area contributed by atoms with Crippen LogP contribution >= 0.6 is 0 Å². The maximum Gasteiger partial charge on any atom is 0.407 e. The van der Waals surface area contributed by atoms with E-state index in [0.29, 0.717) is 0 Å². The van der Waals surface area contributed by atoms with E-state index >= 15 is 0 Å². The zero-order valence-electron chi connectivity index (χ0n) is 13.8. The van der Waals surface area contributed by atoms with Crippen molar-refractivity contribution in [2.45, 2.75) is 64.2 Å². The summed E-state index contributed by atoms with van der Waals surface area (Å²) >= 11 is 0. The molecule has 0 aliphatic heterocycles. The van der Waals surface area contributed by atoms with Crippen molar-refractivity contribution in [2.75, 3.05) is 20.7 Å². The SMILES string of the molecule is CN(C)C(=O)CO[C@H]1CC[C@@H](NC(=O)OC(C)(C)C)CC1. The van der Waals surface area contributed by atoms with Gasteiger partial charge in [-0.1, -0.05) is 0 Å². The first-order chi connectivity index (χ1) is 9.67. The Bertz CT molecular complexity index is 355. The molecular weight excluding hydrogens is 272 g/mol. The Kier molecular flexibility index (Phi) is 6.45. The molecule has 1 saturated carbocycles. The number of amides is 2. The third-order valence-corrected chi connectivity index (χ3v) is 3.34. The Morgan fingerprint density at radius 3 is 2.19 bits per heavy atom. The molecule has 1 rings (SSSR count). The van der Waals surface area contributed by atoms with E-state index < -0.39 is 5.60 Å². The molecule has 0 heterocycles. The van der Waals surface area contributed by atoms with Crippen LogP contribution in [-0.2, 0) is 14.3 Å². The molecule has 1 aliphatic carbocycles. The van der Waals surface area contributed by atoms with Crippen molar-refractivity contribution in [3.05, 3.63) is 0 Å². The Balaban J connectivity index is 2.23. The molecule has 0 saturated heterocycles. The van der Waals surface area contributed by atoms with Gasteiger partial charge in [-0.15, -0.1) is 0 Å². The van der Waals surface area contributed by atoms with Gasteiger partial charge in [0.2, 0.25) is 5.91 Å². The zero-order chi connectivity index (χ0) is 16.0. The van der Waals surface area contributed by atoms with Gasteiger partial charge >= 0.3 is 6.09 Å². The Morgan fingerprint density at radius 2 is 1.71 bits per heavy atom. The lowest BCUT2D eigenvalue weighted by atomic mass is 9.93. The highest BCUT2D eigenvalue weighted by molar-refractivity contribution is 5.76. The van der Waals surface area contributed by atoms with E-state index in [9.17, 15) is 9.59 Å². The lowest BCUT2D eigenvalue weighted by molar-refractivity contribution is -0.136. The van der Waals surface area contributed by atoms with Gasteiger partial charge in [0.15, 0.2) is 0 Å². The van der Waals surface area contributed by atoms with Gasteiger partial charge in [-0.25, -0.2) is 4.79 Å². The second-order valence-electron chi connectivity index (χ2n) is 6.72. The molecule has 6 heteroatoms. The maximum atomic E-state index is 11.7. The van der Waals surface area contributed by atoms with Gasteiger partial charge in [-0.3, -0.25) is 4.79 Å². The van der Waals surface area contributed by atoms with E-state index in [4.69, 9.17) is 9.47 Å². The summed E-state index contributed by atoms with van der Waals surface area (Å²) in [5.74, 6) is -0.0241. The van der Waals surface area contributed by atoms with Gasteiger partial charge in [-0.2, -0.15) is 0 Å². The predicted octanol–water partition coefficient (Wildman–Crippen LogP) is 1.93. The van der Waals surface area contributed by atoms with Gasteiger partial charge in [0.05, 0.1) is 6.10 Å². The van der Waals surface area contributed by atoms with Gasteiger partial charge in [0.1, 0.15) is 12.2 Å². The minimum absolute atomic E-state index is 0.0241. The first-order valence-electron chi connectivity index (χ1n) is 7.48. The quantitative estimate of drug-likeness (QED) is 0.861. The molecule has 1 N–H and O–H groups in total. The molecule has 6 nitrogen and oxygen atoms in total. The second kappa shape index (κ2) is 7.64. The Morgan fingerprint density at radius 1 is 1.14 bits per heavy atom. The minimum Gasteiger partial charge on any atom is -0.444 e. The minimum atomic E-state index is -0.475. The van der Waals surface area contributed by atoms with Crippen molar-refractivity contribution in [1.29, 1.82) is 0 Å². The van der Waals surface area contributed by atoms with E-state index in [2.05, 4.69) is 5.32 Å². The molecule has 0 unspecified atom stereocenters. The number of carbonyl (C=O) groups is 2. The summed E-state index contributed by atoms with van der Waals surface area (Å²) in [5, 5.41) is 2.89. The van der Waals surface area contributed by atoms with Crippen LogP contribution in [0.15, 0.2) is 0 Å². The summed E-state index contributed by atoms with van der Waals surface area (Å²) in [4.78, 5) is 24.7. The third kappa shape index (κ3) is 7.32. The fourth-order valence-electron chi connectivity index (χ4n) is 2.17. The van der Waals surface area contributed by atoms with Gasteiger partial charge in [-0.05, 0) is 46.5 Å². The smallest absolute Gasteiger partial charge is 0.407 e. The number of carbonyl (C=O) groups excluding carboxylic acids is 2. The summed E-state index contributed by atoms with van der Waals surface area (Å²) in [6.07, 6.45) is 3.13. The highest BCUT2D eigenvalue weighted by Gasteiger charge is 2.25. The van der Waals surface area contributed by atoms with Crippen LogP contribution in [0.3, 0.4) is 0 Å². The summed E-state index contributed by atoms with van der Waals surface area (Å²) in [5.41, 5.74) is -0.475. The van der Waals surface area contributed by atoms with E-state index in [0.717, 1.165) is 25.7 Å². The second-order valence-corrected chi connectivity index (χ2v) is 6.72. The number of nitrogens with zero attached hydrogens (tertiary/aromatic N) is 1.